The number of unbranched alkanes of at least 4 members (excludes halogenated alkanes) is 12. The van der Waals surface area contributed by atoms with Crippen molar-refractivity contribution in [2.45, 2.75) is 107 Å². The van der Waals surface area contributed by atoms with Crippen LogP contribution in [0.4, 0.5) is 16.2 Å². The van der Waals surface area contributed by atoms with Gasteiger partial charge in [0.2, 0.25) is 5.91 Å². The summed E-state index contributed by atoms with van der Waals surface area (Å²) in [6.45, 7) is 2.25. The maximum atomic E-state index is 12.9. The third kappa shape index (κ3) is 9.13. The third-order valence-corrected chi connectivity index (χ3v) is 8.89. The number of nitro benzene ring substituents is 1. The molecule has 11 heteroatoms. The van der Waals surface area contributed by atoms with Crippen LogP contribution < -0.4 is 10.6 Å². The lowest BCUT2D eigenvalue weighted by Crippen LogP contribution is -2.39. The van der Waals surface area contributed by atoms with Crippen molar-refractivity contribution in [1.82, 2.24) is 15.1 Å². The molecule has 1 aliphatic heterocycles. The van der Waals surface area contributed by atoms with E-state index >= 15 is 0 Å². The Bertz CT molecular complexity index is 1440. The van der Waals surface area contributed by atoms with Gasteiger partial charge in [0.25, 0.3) is 5.69 Å². The molecule has 3 aromatic rings. The highest BCUT2D eigenvalue weighted by molar-refractivity contribution is 8.01. The predicted molar refractivity (Wildman–Crippen MR) is 170 cm³/mol. The average molecular weight is 608 g/mol. The van der Waals surface area contributed by atoms with Crippen LogP contribution >= 0.6 is 11.8 Å². The van der Waals surface area contributed by atoms with Crippen LogP contribution in [0.1, 0.15) is 107 Å². The minimum atomic E-state index is -0.850. The summed E-state index contributed by atoms with van der Waals surface area (Å²) in [6.07, 6.45) is 18.2. The maximum Gasteiger partial charge on any atom is 0.343 e. The van der Waals surface area contributed by atoms with E-state index in [1.165, 1.54) is 100 Å². The quantitative estimate of drug-likeness (QED) is 0.0896. The van der Waals surface area contributed by atoms with Gasteiger partial charge in [0.1, 0.15) is 5.37 Å². The lowest BCUT2D eigenvalue weighted by atomic mass is 10.0. The number of hydrogen-bond donors (Lipinski definition) is 2. The lowest BCUT2D eigenvalue weighted by molar-refractivity contribution is -0.384. The van der Waals surface area contributed by atoms with Crippen LogP contribution in [0, 0.1) is 10.1 Å². The first kappa shape index (κ1) is 32.2. The van der Waals surface area contributed by atoms with Crippen molar-refractivity contribution in [2.24, 2.45) is 0 Å². The molecule has 2 aromatic carbocycles. The summed E-state index contributed by atoms with van der Waals surface area (Å²) in [5.41, 5.74) is 1.39. The second kappa shape index (κ2) is 16.2. The van der Waals surface area contributed by atoms with E-state index in [2.05, 4.69) is 22.7 Å². The minimum absolute atomic E-state index is 0.0482. The van der Waals surface area contributed by atoms with E-state index in [9.17, 15) is 24.5 Å². The van der Waals surface area contributed by atoms with Crippen molar-refractivity contribution in [3.8, 4) is 0 Å². The van der Waals surface area contributed by atoms with Crippen LogP contribution in [0.5, 0.6) is 0 Å². The van der Waals surface area contributed by atoms with Gasteiger partial charge in [0.15, 0.2) is 5.78 Å². The molecule has 0 saturated carbocycles. The largest absolute Gasteiger partial charge is 0.343 e. The lowest BCUT2D eigenvalue weighted by Gasteiger charge is -2.10. The van der Waals surface area contributed by atoms with E-state index in [-0.39, 0.29) is 17.4 Å². The minimum Gasteiger partial charge on any atom is -0.326 e. The Balaban J connectivity index is 1.15. The number of aromatic nitrogens is 2. The van der Waals surface area contributed by atoms with Crippen LogP contribution in [0.3, 0.4) is 0 Å². The third-order valence-electron chi connectivity index (χ3n) is 7.73. The number of nitrogens with zero attached hydrogens (tertiary/aromatic N) is 3. The Morgan fingerprint density at radius 2 is 1.58 bits per heavy atom. The standard InChI is InChI=1S/C32H41N5O5S/c1-2-3-4-5-6-7-8-9-10-11-12-13-14-15-29(38)34-24-16-18-26-28(21-24)43-31(30(26)39)35-32(40)36-27-19-17-25(37(41)42)20-23(27)22-33-36/h16-22,31H,2-15H2,1H3,(H,34,38)(H,35,40). The molecule has 2 heterocycles. The summed E-state index contributed by atoms with van der Waals surface area (Å²) in [7, 11) is 0. The van der Waals surface area contributed by atoms with Crippen molar-refractivity contribution < 1.29 is 19.3 Å². The Kier molecular flexibility index (Phi) is 12.1. The molecule has 1 aliphatic rings. The van der Waals surface area contributed by atoms with Gasteiger partial charge in [-0.1, -0.05) is 95.7 Å². The van der Waals surface area contributed by atoms with E-state index in [0.717, 1.165) is 23.9 Å². The molecule has 1 aromatic heterocycles. The number of nitro groups is 1. The van der Waals surface area contributed by atoms with Gasteiger partial charge in [-0.15, -0.1) is 0 Å². The van der Waals surface area contributed by atoms with E-state index in [1.54, 1.807) is 18.2 Å². The molecule has 2 amide bonds. The Hall–Kier alpha value is -3.73. The summed E-state index contributed by atoms with van der Waals surface area (Å²) in [4.78, 5) is 49.5. The highest BCUT2D eigenvalue weighted by Crippen LogP contribution is 2.37. The van der Waals surface area contributed by atoms with Crippen molar-refractivity contribution in [3.63, 3.8) is 0 Å². The molecule has 0 spiro atoms. The van der Waals surface area contributed by atoms with Crippen molar-refractivity contribution in [2.75, 3.05) is 5.32 Å². The summed E-state index contributed by atoms with van der Waals surface area (Å²) >= 11 is 1.20. The van der Waals surface area contributed by atoms with Crippen LogP contribution in [0.25, 0.3) is 10.9 Å². The number of ketones is 1. The highest BCUT2D eigenvalue weighted by Gasteiger charge is 2.33. The first-order valence-electron chi connectivity index (χ1n) is 15.4. The number of carbonyl (C=O) groups is 3. The molecule has 1 atom stereocenters. The zero-order chi connectivity index (χ0) is 30.6. The summed E-state index contributed by atoms with van der Waals surface area (Å²) < 4.78 is 1.08. The summed E-state index contributed by atoms with van der Waals surface area (Å²) in [6, 6.07) is 8.60. The van der Waals surface area contributed by atoms with Crippen LogP contribution in [-0.2, 0) is 4.79 Å². The van der Waals surface area contributed by atoms with E-state index in [4.69, 9.17) is 0 Å². The fraction of sp³-hybridized carbons (Fsp3) is 0.500. The van der Waals surface area contributed by atoms with Gasteiger partial charge in [-0.05, 0) is 30.7 Å². The number of non-ortho nitro benzene ring substituents is 1. The number of thioether (sulfide) groups is 1. The van der Waals surface area contributed by atoms with Gasteiger partial charge < -0.3 is 10.6 Å². The molecule has 0 aliphatic carbocycles. The normalized spacial score (nSPS) is 14.2. The summed E-state index contributed by atoms with van der Waals surface area (Å²) in [5.74, 6) is -0.293. The Morgan fingerprint density at radius 1 is 0.930 bits per heavy atom. The monoisotopic (exact) mass is 607 g/mol. The van der Waals surface area contributed by atoms with Crippen LogP contribution in [-0.4, -0.2) is 37.8 Å². The van der Waals surface area contributed by atoms with Gasteiger partial charge in [-0.3, -0.25) is 19.7 Å². The topological polar surface area (TPSA) is 136 Å². The van der Waals surface area contributed by atoms with Crippen LogP contribution in [0.2, 0.25) is 0 Å². The SMILES string of the molecule is CCCCCCCCCCCCCCCC(=O)Nc1ccc2c(c1)SC(NC(=O)n1ncc3cc([N+](=O)[O-])ccc31)C2=O. The van der Waals surface area contributed by atoms with E-state index in [1.807, 2.05) is 0 Å². The fourth-order valence-electron chi connectivity index (χ4n) is 5.31. The first-order valence-corrected chi connectivity index (χ1v) is 16.3. The number of nitrogens with one attached hydrogen (secondary N) is 2. The van der Waals surface area contributed by atoms with Crippen LogP contribution in [0.15, 0.2) is 47.5 Å². The number of carbonyl (C=O) groups excluding carboxylic acids is 3. The van der Waals surface area contributed by atoms with Gasteiger partial charge in [0.05, 0.1) is 16.6 Å². The molecule has 43 heavy (non-hydrogen) atoms. The number of amides is 2. The van der Waals surface area contributed by atoms with E-state index in [0.29, 0.717) is 33.5 Å². The second-order valence-corrected chi connectivity index (χ2v) is 12.3. The molecule has 0 radical (unpaired) electrons. The van der Waals surface area contributed by atoms with Crippen molar-refractivity contribution in [3.05, 3.63) is 58.3 Å². The number of anilines is 1. The number of rotatable bonds is 17. The zero-order valence-corrected chi connectivity index (χ0v) is 25.6. The first-order chi connectivity index (χ1) is 20.9. The zero-order valence-electron chi connectivity index (χ0n) is 24.8. The molecule has 0 fully saturated rings. The average Bonchev–Trinajstić information content (AvgIpc) is 3.55. The smallest absolute Gasteiger partial charge is 0.326 e. The highest BCUT2D eigenvalue weighted by atomic mass is 32.2. The molecule has 1 unspecified atom stereocenters. The molecule has 230 valence electrons. The Labute approximate surface area is 256 Å². The molecular formula is C32H41N5O5S. The molecular weight excluding hydrogens is 566 g/mol. The number of fused-ring (bicyclic) bond motifs is 2. The fourth-order valence-corrected chi connectivity index (χ4v) is 6.45. The summed E-state index contributed by atoms with van der Waals surface area (Å²) in [5, 5.41) is 20.3. The van der Waals surface area contributed by atoms with E-state index < -0.39 is 16.3 Å². The van der Waals surface area contributed by atoms with Gasteiger partial charge >= 0.3 is 6.03 Å². The number of benzene rings is 2. The van der Waals surface area contributed by atoms with Crippen molar-refractivity contribution in [1.29, 1.82) is 0 Å². The number of hydrogen-bond acceptors (Lipinski definition) is 7. The molecule has 0 saturated heterocycles. The Morgan fingerprint density at radius 3 is 2.23 bits per heavy atom. The predicted octanol–water partition coefficient (Wildman–Crippen LogP) is 8.24. The maximum absolute atomic E-state index is 12.9. The van der Waals surface area contributed by atoms with Gasteiger partial charge in [-0.25, -0.2) is 4.79 Å². The molecule has 2 N–H and O–H groups in total. The number of Topliss-reactive ketones (excluding diaryl/α,β-unsaturated/α-hetero) is 1. The molecule has 4 rings (SSSR count). The second-order valence-electron chi connectivity index (χ2n) is 11.1. The molecule has 10 nitrogen and oxygen atoms in total. The van der Waals surface area contributed by atoms with Gasteiger partial charge in [0, 0.05) is 40.1 Å². The van der Waals surface area contributed by atoms with Gasteiger partial charge in [-0.2, -0.15) is 9.78 Å². The molecule has 0 bridgehead atoms. The van der Waals surface area contributed by atoms with Crippen molar-refractivity contribution >= 4 is 51.8 Å².